The Kier molecular flexibility index (Phi) is 5.12. The maximum absolute atomic E-state index is 14.1. The minimum absolute atomic E-state index is 0.299. The first-order chi connectivity index (χ1) is 14.2. The summed E-state index contributed by atoms with van der Waals surface area (Å²) >= 11 is 0. The number of aromatic nitrogens is 2. The van der Waals surface area contributed by atoms with Gasteiger partial charge in [0.25, 0.3) is 0 Å². The maximum Gasteiger partial charge on any atom is 0.229 e. The van der Waals surface area contributed by atoms with E-state index in [0.29, 0.717) is 34.4 Å². The van der Waals surface area contributed by atoms with E-state index in [0.717, 1.165) is 5.56 Å². The summed E-state index contributed by atoms with van der Waals surface area (Å²) in [6, 6.07) is 27.0. The van der Waals surface area contributed by atoms with Crippen LogP contribution in [0.1, 0.15) is 5.56 Å². The third-order valence-electron chi connectivity index (χ3n) is 4.23. The van der Waals surface area contributed by atoms with Crippen LogP contribution in [0.25, 0.3) is 11.3 Å². The molecular formula is C23H16FN5. The van der Waals surface area contributed by atoms with E-state index >= 15 is 0 Å². The van der Waals surface area contributed by atoms with E-state index in [1.807, 2.05) is 36.4 Å². The Hall–Kier alpha value is -4.24. The largest absolute Gasteiger partial charge is 0.338 e. The highest BCUT2D eigenvalue weighted by atomic mass is 19.1. The Morgan fingerprint density at radius 3 is 2.21 bits per heavy atom. The number of halogens is 1. The highest BCUT2D eigenvalue weighted by Crippen LogP contribution is 2.26. The molecule has 0 atom stereocenters. The molecule has 0 saturated heterocycles. The fraction of sp³-hybridized carbons (Fsp3) is 0. The van der Waals surface area contributed by atoms with Crippen LogP contribution in [0.3, 0.4) is 0 Å². The molecule has 1 aromatic heterocycles. The summed E-state index contributed by atoms with van der Waals surface area (Å²) in [5.41, 5.74) is 2.94. The topological polar surface area (TPSA) is 73.6 Å². The maximum atomic E-state index is 14.1. The molecule has 0 unspecified atom stereocenters. The van der Waals surface area contributed by atoms with Crippen molar-refractivity contribution in [3.63, 3.8) is 0 Å². The minimum atomic E-state index is -0.378. The lowest BCUT2D eigenvalue weighted by Gasteiger charge is -2.12. The summed E-state index contributed by atoms with van der Waals surface area (Å²) in [7, 11) is 0. The van der Waals surface area contributed by atoms with Gasteiger partial charge in [-0.25, -0.2) is 9.37 Å². The number of benzene rings is 3. The number of hydrogen-bond donors (Lipinski definition) is 2. The van der Waals surface area contributed by atoms with Crippen molar-refractivity contribution < 1.29 is 4.39 Å². The summed E-state index contributed by atoms with van der Waals surface area (Å²) in [6.07, 6.45) is 0. The highest BCUT2D eigenvalue weighted by molar-refractivity contribution is 5.70. The number of nitriles is 1. The zero-order valence-corrected chi connectivity index (χ0v) is 15.3. The van der Waals surface area contributed by atoms with Crippen molar-refractivity contribution in [2.75, 3.05) is 10.6 Å². The van der Waals surface area contributed by atoms with Crippen LogP contribution in [0, 0.1) is 17.1 Å². The molecule has 0 bridgehead atoms. The quantitative estimate of drug-likeness (QED) is 0.468. The van der Waals surface area contributed by atoms with Gasteiger partial charge in [-0.2, -0.15) is 10.2 Å². The Morgan fingerprint density at radius 2 is 1.45 bits per heavy atom. The minimum Gasteiger partial charge on any atom is -0.338 e. The predicted octanol–water partition coefficient (Wildman–Crippen LogP) is 5.64. The molecule has 0 amide bonds. The lowest BCUT2D eigenvalue weighted by atomic mass is 10.1. The van der Waals surface area contributed by atoms with Crippen molar-refractivity contribution in [1.29, 1.82) is 5.26 Å². The first kappa shape index (κ1) is 18.1. The first-order valence-corrected chi connectivity index (χ1v) is 8.95. The fourth-order valence-corrected chi connectivity index (χ4v) is 2.83. The lowest BCUT2D eigenvalue weighted by Crippen LogP contribution is -2.04. The number of hydrogen-bond acceptors (Lipinski definition) is 5. The van der Waals surface area contributed by atoms with Crippen LogP contribution in [0.5, 0.6) is 0 Å². The number of rotatable bonds is 5. The summed E-state index contributed by atoms with van der Waals surface area (Å²) in [5, 5.41) is 15.4. The molecule has 3 aromatic carbocycles. The summed E-state index contributed by atoms with van der Waals surface area (Å²) in [6.45, 7) is 0. The second-order valence-corrected chi connectivity index (χ2v) is 6.22. The Balaban J connectivity index is 1.76. The lowest BCUT2D eigenvalue weighted by molar-refractivity contribution is 0.632. The molecule has 140 valence electrons. The Labute approximate surface area is 167 Å². The smallest absolute Gasteiger partial charge is 0.229 e. The van der Waals surface area contributed by atoms with Gasteiger partial charge in [0.05, 0.1) is 22.6 Å². The molecule has 0 aliphatic carbocycles. The monoisotopic (exact) mass is 381 g/mol. The number of anilines is 4. The van der Waals surface area contributed by atoms with Gasteiger partial charge in [-0.15, -0.1) is 0 Å². The molecule has 0 aliphatic heterocycles. The predicted molar refractivity (Wildman–Crippen MR) is 112 cm³/mol. The zero-order chi connectivity index (χ0) is 20.1. The van der Waals surface area contributed by atoms with Gasteiger partial charge in [0.1, 0.15) is 17.7 Å². The van der Waals surface area contributed by atoms with Gasteiger partial charge in [0.15, 0.2) is 0 Å². The number of para-hydroxylation sites is 2. The highest BCUT2D eigenvalue weighted by Gasteiger charge is 2.10. The fourth-order valence-electron chi connectivity index (χ4n) is 2.83. The Morgan fingerprint density at radius 1 is 0.759 bits per heavy atom. The van der Waals surface area contributed by atoms with Crippen LogP contribution in [-0.2, 0) is 0 Å². The van der Waals surface area contributed by atoms with Crippen LogP contribution < -0.4 is 10.6 Å². The second kappa shape index (κ2) is 8.19. The first-order valence-electron chi connectivity index (χ1n) is 8.95. The third-order valence-corrected chi connectivity index (χ3v) is 4.23. The molecule has 0 saturated carbocycles. The van der Waals surface area contributed by atoms with Crippen LogP contribution in [0.15, 0.2) is 84.9 Å². The molecule has 4 aromatic rings. The normalized spacial score (nSPS) is 10.2. The van der Waals surface area contributed by atoms with Gasteiger partial charge >= 0.3 is 0 Å². The van der Waals surface area contributed by atoms with Crippen LogP contribution in [0.4, 0.5) is 27.5 Å². The molecule has 29 heavy (non-hydrogen) atoms. The van der Waals surface area contributed by atoms with Gasteiger partial charge in [-0.1, -0.05) is 54.6 Å². The molecule has 6 heteroatoms. The van der Waals surface area contributed by atoms with E-state index in [4.69, 9.17) is 0 Å². The van der Waals surface area contributed by atoms with E-state index in [-0.39, 0.29) is 5.82 Å². The van der Waals surface area contributed by atoms with E-state index in [1.54, 1.807) is 42.5 Å². The number of nitrogens with one attached hydrogen (secondary N) is 2. The average molecular weight is 381 g/mol. The molecule has 0 spiro atoms. The SMILES string of the molecule is N#Cc1ccccc1Nc1nc(Nc2ccccc2F)cc(-c2ccccc2)n1. The molecule has 0 fully saturated rings. The average Bonchev–Trinajstić information content (AvgIpc) is 2.76. The van der Waals surface area contributed by atoms with Gasteiger partial charge in [0, 0.05) is 11.6 Å². The van der Waals surface area contributed by atoms with Crippen molar-refractivity contribution >= 4 is 23.1 Å². The van der Waals surface area contributed by atoms with E-state index < -0.39 is 0 Å². The Bertz CT molecular complexity index is 1190. The standard InChI is InChI=1S/C23H16FN5/c24-18-11-5-7-13-20(18)26-22-14-21(16-8-2-1-3-9-16)28-23(29-22)27-19-12-6-4-10-17(19)15-25/h1-14H,(H2,26,27,28,29). The number of nitrogens with zero attached hydrogens (tertiary/aromatic N) is 3. The zero-order valence-electron chi connectivity index (χ0n) is 15.3. The van der Waals surface area contributed by atoms with Crippen molar-refractivity contribution in [1.82, 2.24) is 9.97 Å². The van der Waals surface area contributed by atoms with Gasteiger partial charge < -0.3 is 10.6 Å². The van der Waals surface area contributed by atoms with Crippen molar-refractivity contribution in [2.45, 2.75) is 0 Å². The van der Waals surface area contributed by atoms with Crippen molar-refractivity contribution in [3.8, 4) is 17.3 Å². The molecule has 4 rings (SSSR count). The van der Waals surface area contributed by atoms with Crippen molar-refractivity contribution in [3.05, 3.63) is 96.3 Å². The van der Waals surface area contributed by atoms with Crippen LogP contribution in [0.2, 0.25) is 0 Å². The summed E-state index contributed by atoms with van der Waals surface area (Å²) in [4.78, 5) is 9.03. The summed E-state index contributed by atoms with van der Waals surface area (Å²) in [5.74, 6) is 0.352. The second-order valence-electron chi connectivity index (χ2n) is 6.22. The molecular weight excluding hydrogens is 365 g/mol. The van der Waals surface area contributed by atoms with E-state index in [1.165, 1.54) is 6.07 Å². The van der Waals surface area contributed by atoms with Gasteiger partial charge in [-0.3, -0.25) is 0 Å². The molecule has 5 nitrogen and oxygen atoms in total. The van der Waals surface area contributed by atoms with Crippen LogP contribution >= 0.6 is 0 Å². The van der Waals surface area contributed by atoms with Crippen LogP contribution in [-0.4, -0.2) is 9.97 Å². The third kappa shape index (κ3) is 4.20. The van der Waals surface area contributed by atoms with E-state index in [2.05, 4.69) is 26.7 Å². The summed E-state index contributed by atoms with van der Waals surface area (Å²) < 4.78 is 14.1. The molecule has 2 N–H and O–H groups in total. The molecule has 1 heterocycles. The van der Waals surface area contributed by atoms with Crippen molar-refractivity contribution in [2.24, 2.45) is 0 Å². The van der Waals surface area contributed by atoms with Gasteiger partial charge in [-0.05, 0) is 24.3 Å². The van der Waals surface area contributed by atoms with Gasteiger partial charge in [0.2, 0.25) is 5.95 Å². The molecule has 0 aliphatic rings. The van der Waals surface area contributed by atoms with E-state index in [9.17, 15) is 9.65 Å². The molecule has 0 radical (unpaired) electrons.